The number of methoxy groups -OCH3 is 1. The number of hydrogen-bond donors (Lipinski definition) is 1. The summed E-state index contributed by atoms with van der Waals surface area (Å²) < 4.78 is 7.18. The molecule has 4 nitrogen and oxygen atoms in total. The van der Waals surface area contributed by atoms with Crippen LogP contribution in [0, 0.1) is 5.92 Å². The highest BCUT2D eigenvalue weighted by molar-refractivity contribution is 5.25. The molecule has 0 radical (unpaired) electrons. The summed E-state index contributed by atoms with van der Waals surface area (Å²) in [4.78, 5) is 4.33. The minimum atomic E-state index is 0.731. The first-order valence-electron chi connectivity index (χ1n) is 6.14. The van der Waals surface area contributed by atoms with E-state index in [0.717, 1.165) is 31.6 Å². The van der Waals surface area contributed by atoms with Crippen molar-refractivity contribution >= 4 is 5.95 Å². The van der Waals surface area contributed by atoms with Crippen LogP contribution in [0.3, 0.4) is 0 Å². The summed E-state index contributed by atoms with van der Waals surface area (Å²) >= 11 is 0. The topological polar surface area (TPSA) is 39.1 Å². The third-order valence-corrected chi connectivity index (χ3v) is 3.28. The van der Waals surface area contributed by atoms with Crippen molar-refractivity contribution in [3.05, 3.63) is 12.4 Å². The van der Waals surface area contributed by atoms with E-state index >= 15 is 0 Å². The molecular weight excluding hydrogens is 202 g/mol. The van der Waals surface area contributed by atoms with E-state index in [0.29, 0.717) is 0 Å². The number of imidazole rings is 1. The lowest BCUT2D eigenvalue weighted by molar-refractivity contribution is 0.187. The van der Waals surface area contributed by atoms with E-state index < -0.39 is 0 Å². The fraction of sp³-hybridized carbons (Fsp3) is 0.750. The first-order chi connectivity index (χ1) is 7.90. The van der Waals surface area contributed by atoms with Crippen LogP contribution in [0.15, 0.2) is 12.4 Å². The van der Waals surface area contributed by atoms with Crippen LogP contribution in [0.1, 0.15) is 25.7 Å². The van der Waals surface area contributed by atoms with Gasteiger partial charge in [0.25, 0.3) is 0 Å². The third-order valence-electron chi connectivity index (χ3n) is 3.28. The van der Waals surface area contributed by atoms with E-state index in [-0.39, 0.29) is 0 Å². The Kier molecular flexibility index (Phi) is 4.22. The predicted molar refractivity (Wildman–Crippen MR) is 64.6 cm³/mol. The molecule has 0 unspecified atom stereocenters. The van der Waals surface area contributed by atoms with Gasteiger partial charge in [-0.1, -0.05) is 12.8 Å². The van der Waals surface area contributed by atoms with Crippen LogP contribution in [0.2, 0.25) is 0 Å². The Morgan fingerprint density at radius 3 is 3.06 bits per heavy atom. The second-order valence-corrected chi connectivity index (χ2v) is 4.47. The highest BCUT2D eigenvalue weighted by Gasteiger charge is 2.15. The van der Waals surface area contributed by atoms with Crippen LogP contribution >= 0.6 is 0 Å². The zero-order valence-electron chi connectivity index (χ0n) is 9.98. The van der Waals surface area contributed by atoms with Gasteiger partial charge in [-0.2, -0.15) is 0 Å². The molecule has 0 bridgehead atoms. The molecule has 0 aliphatic heterocycles. The monoisotopic (exact) mass is 223 g/mol. The maximum atomic E-state index is 5.07. The van der Waals surface area contributed by atoms with Crippen LogP contribution in [-0.2, 0) is 11.3 Å². The average Bonchev–Trinajstić information content (AvgIpc) is 2.94. The Morgan fingerprint density at radius 1 is 1.50 bits per heavy atom. The molecule has 0 saturated heterocycles. The van der Waals surface area contributed by atoms with Gasteiger partial charge in [0.1, 0.15) is 0 Å². The SMILES string of the molecule is COCCn1ccnc1NCC1CCCC1. The van der Waals surface area contributed by atoms with Gasteiger partial charge < -0.3 is 14.6 Å². The summed E-state index contributed by atoms with van der Waals surface area (Å²) in [6.45, 7) is 2.65. The predicted octanol–water partition coefficient (Wildman–Crippen LogP) is 2.13. The average molecular weight is 223 g/mol. The van der Waals surface area contributed by atoms with Crippen LogP contribution in [0.4, 0.5) is 5.95 Å². The summed E-state index contributed by atoms with van der Waals surface area (Å²) in [5.74, 6) is 1.82. The molecule has 1 aromatic heterocycles. The van der Waals surface area contributed by atoms with Crippen LogP contribution in [0.5, 0.6) is 0 Å². The molecule has 0 spiro atoms. The van der Waals surface area contributed by atoms with Gasteiger partial charge in [-0.25, -0.2) is 4.98 Å². The zero-order valence-corrected chi connectivity index (χ0v) is 9.98. The molecule has 1 aromatic rings. The molecule has 1 saturated carbocycles. The molecule has 4 heteroatoms. The summed E-state index contributed by atoms with van der Waals surface area (Å²) in [5.41, 5.74) is 0. The molecule has 90 valence electrons. The van der Waals surface area contributed by atoms with Crippen molar-refractivity contribution in [2.45, 2.75) is 32.2 Å². The summed E-state index contributed by atoms with van der Waals surface area (Å²) in [6, 6.07) is 0. The smallest absolute Gasteiger partial charge is 0.202 e. The minimum absolute atomic E-state index is 0.731. The lowest BCUT2D eigenvalue weighted by Crippen LogP contribution is -2.15. The van der Waals surface area contributed by atoms with Gasteiger partial charge in [-0.15, -0.1) is 0 Å². The van der Waals surface area contributed by atoms with E-state index in [1.54, 1.807) is 7.11 Å². The first kappa shape index (κ1) is 11.5. The van der Waals surface area contributed by atoms with Crippen molar-refractivity contribution in [3.8, 4) is 0 Å². The van der Waals surface area contributed by atoms with Crippen molar-refractivity contribution in [2.75, 3.05) is 25.6 Å². The van der Waals surface area contributed by atoms with Gasteiger partial charge in [0.05, 0.1) is 6.61 Å². The number of rotatable bonds is 6. The molecule has 1 fully saturated rings. The van der Waals surface area contributed by atoms with E-state index in [4.69, 9.17) is 4.74 Å². The van der Waals surface area contributed by atoms with E-state index in [9.17, 15) is 0 Å². The van der Waals surface area contributed by atoms with Crippen LogP contribution < -0.4 is 5.32 Å². The molecule has 0 amide bonds. The second-order valence-electron chi connectivity index (χ2n) is 4.47. The zero-order chi connectivity index (χ0) is 11.2. The number of ether oxygens (including phenoxy) is 1. The summed E-state index contributed by atoms with van der Waals surface area (Å²) in [7, 11) is 1.72. The molecule has 0 aromatic carbocycles. The van der Waals surface area contributed by atoms with Crippen molar-refractivity contribution in [3.63, 3.8) is 0 Å². The van der Waals surface area contributed by atoms with E-state index in [1.807, 2.05) is 12.4 Å². The Hall–Kier alpha value is -1.03. The number of anilines is 1. The molecule has 1 heterocycles. The first-order valence-corrected chi connectivity index (χ1v) is 6.14. The van der Waals surface area contributed by atoms with Crippen LogP contribution in [0.25, 0.3) is 0 Å². The summed E-state index contributed by atoms with van der Waals surface area (Å²) in [5, 5.41) is 3.44. The van der Waals surface area contributed by atoms with Gasteiger partial charge in [0, 0.05) is 32.6 Å². The largest absolute Gasteiger partial charge is 0.383 e. The maximum absolute atomic E-state index is 5.07. The minimum Gasteiger partial charge on any atom is -0.383 e. The molecular formula is C12H21N3O. The lowest BCUT2D eigenvalue weighted by Gasteiger charge is -2.12. The maximum Gasteiger partial charge on any atom is 0.202 e. The second kappa shape index (κ2) is 5.89. The Morgan fingerprint density at radius 2 is 2.31 bits per heavy atom. The highest BCUT2D eigenvalue weighted by Crippen LogP contribution is 2.24. The molecule has 1 aliphatic carbocycles. The van der Waals surface area contributed by atoms with Gasteiger partial charge in [-0.3, -0.25) is 0 Å². The highest BCUT2D eigenvalue weighted by atomic mass is 16.5. The van der Waals surface area contributed by atoms with Gasteiger partial charge >= 0.3 is 0 Å². The normalized spacial score (nSPS) is 16.8. The summed E-state index contributed by atoms with van der Waals surface area (Å²) in [6.07, 6.45) is 9.36. The number of nitrogens with zero attached hydrogens (tertiary/aromatic N) is 2. The van der Waals surface area contributed by atoms with E-state index in [2.05, 4.69) is 14.9 Å². The Balaban J connectivity index is 1.80. The number of hydrogen-bond acceptors (Lipinski definition) is 3. The number of aromatic nitrogens is 2. The fourth-order valence-electron chi connectivity index (χ4n) is 2.30. The molecule has 1 aliphatic rings. The molecule has 1 N–H and O–H groups in total. The lowest BCUT2D eigenvalue weighted by atomic mass is 10.1. The van der Waals surface area contributed by atoms with Crippen molar-refractivity contribution in [1.82, 2.24) is 9.55 Å². The molecule has 2 rings (SSSR count). The van der Waals surface area contributed by atoms with Gasteiger partial charge in [-0.05, 0) is 18.8 Å². The quantitative estimate of drug-likeness (QED) is 0.803. The molecule has 0 atom stereocenters. The standard InChI is InChI=1S/C12H21N3O/c1-16-9-8-15-7-6-13-12(15)14-10-11-4-2-3-5-11/h6-7,11H,2-5,8-10H2,1H3,(H,13,14). The van der Waals surface area contributed by atoms with Gasteiger partial charge in [0.15, 0.2) is 0 Å². The van der Waals surface area contributed by atoms with Crippen molar-refractivity contribution < 1.29 is 4.74 Å². The Bertz CT molecular complexity index is 305. The molecule has 16 heavy (non-hydrogen) atoms. The van der Waals surface area contributed by atoms with Crippen LogP contribution in [-0.4, -0.2) is 29.8 Å². The van der Waals surface area contributed by atoms with Crippen molar-refractivity contribution in [2.24, 2.45) is 5.92 Å². The third kappa shape index (κ3) is 2.98. The van der Waals surface area contributed by atoms with Gasteiger partial charge in [0.2, 0.25) is 5.95 Å². The number of nitrogens with one attached hydrogen (secondary N) is 1. The fourth-order valence-corrected chi connectivity index (χ4v) is 2.30. The van der Waals surface area contributed by atoms with E-state index in [1.165, 1.54) is 25.7 Å². The Labute approximate surface area is 97.0 Å². The van der Waals surface area contributed by atoms with Crippen molar-refractivity contribution in [1.29, 1.82) is 0 Å².